The summed E-state index contributed by atoms with van der Waals surface area (Å²) in [6.07, 6.45) is 7.38. The van der Waals surface area contributed by atoms with Crippen molar-refractivity contribution in [3.63, 3.8) is 0 Å². The molecule has 0 radical (unpaired) electrons. The minimum Gasteiger partial charge on any atom is -0.307 e. The van der Waals surface area contributed by atoms with Crippen LogP contribution in [0, 0.1) is 5.92 Å². The zero-order valence-corrected chi connectivity index (χ0v) is 13.0. The first-order chi connectivity index (χ1) is 9.52. The lowest BCUT2D eigenvalue weighted by Crippen LogP contribution is -2.36. The van der Waals surface area contributed by atoms with Gasteiger partial charge in [0.1, 0.15) is 22.0 Å². The molecular weight excluding hydrogens is 276 g/mol. The molecule has 0 aliphatic heterocycles. The second-order valence-corrected chi connectivity index (χ2v) is 8.01. The standard InChI is InChI=1S/C13H24N4O2S/c1-3-7-14-12(13-15-9-16-17-13)10-5-4-6-11(8-10)20(2,18)19/h9-12,14H,3-8H2,1-2H3,(H,15,16,17). The summed E-state index contributed by atoms with van der Waals surface area (Å²) in [5, 5.41) is 10.1. The molecule has 0 amide bonds. The Morgan fingerprint density at radius 1 is 1.50 bits per heavy atom. The van der Waals surface area contributed by atoms with Gasteiger partial charge >= 0.3 is 0 Å². The number of aromatic nitrogens is 3. The molecule has 1 saturated carbocycles. The third-order valence-electron chi connectivity index (χ3n) is 4.09. The summed E-state index contributed by atoms with van der Waals surface area (Å²) in [7, 11) is -2.96. The maximum atomic E-state index is 11.8. The van der Waals surface area contributed by atoms with Gasteiger partial charge < -0.3 is 5.32 Å². The first-order valence-electron chi connectivity index (χ1n) is 7.30. The molecule has 1 fully saturated rings. The molecule has 2 rings (SSSR count). The van der Waals surface area contributed by atoms with Crippen LogP contribution in [-0.2, 0) is 9.84 Å². The maximum absolute atomic E-state index is 11.8. The second kappa shape index (κ2) is 6.67. The van der Waals surface area contributed by atoms with E-state index in [9.17, 15) is 8.42 Å². The highest BCUT2D eigenvalue weighted by Gasteiger charge is 2.34. The van der Waals surface area contributed by atoms with Crippen LogP contribution >= 0.6 is 0 Å². The van der Waals surface area contributed by atoms with Crippen molar-refractivity contribution in [2.45, 2.75) is 50.3 Å². The molecule has 2 N–H and O–H groups in total. The van der Waals surface area contributed by atoms with Crippen LogP contribution in [0.5, 0.6) is 0 Å². The average molecular weight is 300 g/mol. The van der Waals surface area contributed by atoms with Gasteiger partial charge in [0.05, 0.1) is 11.3 Å². The van der Waals surface area contributed by atoms with E-state index in [2.05, 4.69) is 27.4 Å². The van der Waals surface area contributed by atoms with E-state index in [4.69, 9.17) is 0 Å². The summed E-state index contributed by atoms with van der Waals surface area (Å²) in [4.78, 5) is 4.25. The molecule has 0 spiro atoms. The molecule has 20 heavy (non-hydrogen) atoms. The fraction of sp³-hybridized carbons (Fsp3) is 0.846. The molecule has 1 aromatic rings. The summed E-state index contributed by atoms with van der Waals surface area (Å²) < 4.78 is 23.6. The highest BCUT2D eigenvalue weighted by atomic mass is 32.2. The van der Waals surface area contributed by atoms with E-state index in [0.29, 0.717) is 12.3 Å². The number of H-pyrrole nitrogens is 1. The smallest absolute Gasteiger partial charge is 0.150 e. The minimum atomic E-state index is -2.96. The Balaban J connectivity index is 2.12. The first-order valence-corrected chi connectivity index (χ1v) is 9.25. The van der Waals surface area contributed by atoms with Gasteiger partial charge in [-0.3, -0.25) is 5.10 Å². The van der Waals surface area contributed by atoms with Crippen molar-refractivity contribution in [2.24, 2.45) is 5.92 Å². The molecule has 1 aliphatic carbocycles. The molecule has 0 saturated heterocycles. The van der Waals surface area contributed by atoms with Gasteiger partial charge in [0, 0.05) is 6.26 Å². The van der Waals surface area contributed by atoms with Gasteiger partial charge in [0.15, 0.2) is 0 Å². The molecule has 3 unspecified atom stereocenters. The molecule has 114 valence electrons. The molecule has 1 heterocycles. The van der Waals surface area contributed by atoms with Crippen LogP contribution in [0.1, 0.15) is 50.9 Å². The monoisotopic (exact) mass is 300 g/mol. The van der Waals surface area contributed by atoms with E-state index in [-0.39, 0.29) is 11.3 Å². The lowest BCUT2D eigenvalue weighted by Gasteiger charge is -2.33. The lowest BCUT2D eigenvalue weighted by atomic mass is 9.83. The zero-order chi connectivity index (χ0) is 14.6. The van der Waals surface area contributed by atoms with Crippen molar-refractivity contribution >= 4 is 9.84 Å². The van der Waals surface area contributed by atoms with Gasteiger partial charge in [-0.15, -0.1) is 0 Å². The summed E-state index contributed by atoms with van der Waals surface area (Å²) in [6, 6.07) is 0.0713. The average Bonchev–Trinajstić information content (AvgIpc) is 2.92. The molecule has 1 aliphatic rings. The van der Waals surface area contributed by atoms with Crippen LogP contribution in [-0.4, -0.2) is 41.6 Å². The Morgan fingerprint density at radius 2 is 2.30 bits per heavy atom. The van der Waals surface area contributed by atoms with E-state index in [1.165, 1.54) is 12.6 Å². The van der Waals surface area contributed by atoms with Gasteiger partial charge in [-0.05, 0) is 38.1 Å². The van der Waals surface area contributed by atoms with Crippen molar-refractivity contribution in [1.82, 2.24) is 20.5 Å². The Hall–Kier alpha value is -0.950. The van der Waals surface area contributed by atoms with Crippen LogP contribution in [0.15, 0.2) is 6.33 Å². The number of hydrogen-bond acceptors (Lipinski definition) is 5. The number of nitrogens with zero attached hydrogens (tertiary/aromatic N) is 2. The summed E-state index contributed by atoms with van der Waals surface area (Å²) in [5.41, 5.74) is 0. The van der Waals surface area contributed by atoms with E-state index in [0.717, 1.165) is 38.1 Å². The topological polar surface area (TPSA) is 87.7 Å². The minimum absolute atomic E-state index is 0.0713. The van der Waals surface area contributed by atoms with Crippen LogP contribution in [0.25, 0.3) is 0 Å². The lowest BCUT2D eigenvalue weighted by molar-refractivity contribution is 0.265. The Labute approximate surface area is 120 Å². The normalized spacial score (nSPS) is 25.5. The quantitative estimate of drug-likeness (QED) is 0.830. The van der Waals surface area contributed by atoms with E-state index >= 15 is 0 Å². The summed E-state index contributed by atoms with van der Waals surface area (Å²) >= 11 is 0. The highest BCUT2D eigenvalue weighted by molar-refractivity contribution is 7.91. The van der Waals surface area contributed by atoms with Crippen LogP contribution in [0.2, 0.25) is 0 Å². The maximum Gasteiger partial charge on any atom is 0.150 e. The molecule has 1 aromatic heterocycles. The number of hydrogen-bond donors (Lipinski definition) is 2. The van der Waals surface area contributed by atoms with Crippen LogP contribution in [0.4, 0.5) is 0 Å². The van der Waals surface area contributed by atoms with Crippen molar-refractivity contribution in [2.75, 3.05) is 12.8 Å². The zero-order valence-electron chi connectivity index (χ0n) is 12.2. The van der Waals surface area contributed by atoms with Gasteiger partial charge in [0.2, 0.25) is 0 Å². The second-order valence-electron chi connectivity index (χ2n) is 5.68. The number of aromatic amines is 1. The molecular formula is C13H24N4O2S. The Bertz CT molecular complexity index is 500. The summed E-state index contributed by atoms with van der Waals surface area (Å²) in [5.74, 6) is 1.11. The van der Waals surface area contributed by atoms with Crippen LogP contribution in [0.3, 0.4) is 0 Å². The number of sulfone groups is 1. The SMILES string of the molecule is CCCNC(c1ncn[nH]1)C1CCCC(S(C)(=O)=O)C1. The van der Waals surface area contributed by atoms with Gasteiger partial charge in [0.25, 0.3) is 0 Å². The van der Waals surface area contributed by atoms with Crippen molar-refractivity contribution in [3.05, 3.63) is 12.2 Å². The van der Waals surface area contributed by atoms with Crippen molar-refractivity contribution < 1.29 is 8.42 Å². The highest BCUT2D eigenvalue weighted by Crippen LogP contribution is 2.35. The fourth-order valence-electron chi connectivity index (χ4n) is 3.02. The molecule has 0 aromatic carbocycles. The van der Waals surface area contributed by atoms with Crippen molar-refractivity contribution in [1.29, 1.82) is 0 Å². The number of rotatable bonds is 6. The largest absolute Gasteiger partial charge is 0.307 e. The van der Waals surface area contributed by atoms with E-state index in [1.807, 2.05) is 0 Å². The summed E-state index contributed by atoms with van der Waals surface area (Å²) in [6.45, 7) is 3.01. The third-order valence-corrected chi connectivity index (χ3v) is 5.73. The fourth-order valence-corrected chi connectivity index (χ4v) is 4.22. The van der Waals surface area contributed by atoms with Gasteiger partial charge in [-0.25, -0.2) is 13.4 Å². The van der Waals surface area contributed by atoms with Gasteiger partial charge in [-0.1, -0.05) is 13.3 Å². The molecule has 3 atom stereocenters. The molecule has 7 heteroatoms. The predicted molar refractivity (Wildman–Crippen MR) is 78.0 cm³/mol. The van der Waals surface area contributed by atoms with E-state index < -0.39 is 9.84 Å². The third kappa shape index (κ3) is 3.79. The van der Waals surface area contributed by atoms with Crippen molar-refractivity contribution in [3.8, 4) is 0 Å². The Kier molecular flexibility index (Phi) is 5.15. The Morgan fingerprint density at radius 3 is 2.90 bits per heavy atom. The van der Waals surface area contributed by atoms with Crippen LogP contribution < -0.4 is 5.32 Å². The number of nitrogens with one attached hydrogen (secondary N) is 2. The van der Waals surface area contributed by atoms with E-state index in [1.54, 1.807) is 0 Å². The molecule has 6 nitrogen and oxygen atoms in total. The first kappa shape index (κ1) is 15.4. The van der Waals surface area contributed by atoms with Gasteiger partial charge in [-0.2, -0.15) is 5.10 Å². The predicted octanol–water partition coefficient (Wildman–Crippen LogP) is 1.45. The molecule has 0 bridgehead atoms.